The van der Waals surface area contributed by atoms with Crippen LogP contribution in [0.2, 0.25) is 0 Å². The molecular weight excluding hydrogens is 150 g/mol. The van der Waals surface area contributed by atoms with Gasteiger partial charge < -0.3 is 16.4 Å². The van der Waals surface area contributed by atoms with Crippen molar-refractivity contribution in [2.24, 2.45) is 11.5 Å². The molecule has 0 spiro atoms. The van der Waals surface area contributed by atoms with Gasteiger partial charge in [-0.2, -0.15) is 0 Å². The number of nitrogens with two attached hydrogens (primary N) is 2. The molecule has 4 N–H and O–H groups in total. The Morgan fingerprint density at radius 2 is 2.08 bits per heavy atom. The van der Waals surface area contributed by atoms with E-state index in [4.69, 9.17) is 11.5 Å². The summed E-state index contributed by atoms with van der Waals surface area (Å²) in [4.78, 5) is 2.45. The predicted octanol–water partition coefficient (Wildman–Crippen LogP) is 0.148. The van der Waals surface area contributed by atoms with Crippen LogP contribution < -0.4 is 11.5 Å². The average Bonchev–Trinajstić information content (AvgIpc) is 2.28. The van der Waals surface area contributed by atoms with Crippen LogP contribution in [0.5, 0.6) is 0 Å². The quantitative estimate of drug-likeness (QED) is 0.622. The van der Waals surface area contributed by atoms with E-state index in [1.54, 1.807) is 0 Å². The van der Waals surface area contributed by atoms with E-state index < -0.39 is 0 Å². The van der Waals surface area contributed by atoms with Gasteiger partial charge in [-0.1, -0.05) is 6.92 Å². The first-order valence-corrected chi connectivity index (χ1v) is 4.91. The summed E-state index contributed by atoms with van der Waals surface area (Å²) in [6, 6.07) is 0. The standard InChI is InChI=1S/C9H21N3/c1-2-12-6-3-4-9(11,8-10)5-7-12/h2-8,10-11H2,1H3. The van der Waals surface area contributed by atoms with Gasteiger partial charge in [0.15, 0.2) is 0 Å². The average molecular weight is 171 g/mol. The van der Waals surface area contributed by atoms with Crippen molar-refractivity contribution >= 4 is 0 Å². The Morgan fingerprint density at radius 1 is 1.33 bits per heavy atom. The molecule has 1 aliphatic heterocycles. The Bertz CT molecular complexity index is 138. The molecule has 12 heavy (non-hydrogen) atoms. The van der Waals surface area contributed by atoms with Gasteiger partial charge >= 0.3 is 0 Å². The largest absolute Gasteiger partial charge is 0.329 e. The molecule has 1 rings (SSSR count). The number of hydrogen-bond donors (Lipinski definition) is 2. The van der Waals surface area contributed by atoms with Gasteiger partial charge in [0.25, 0.3) is 0 Å². The first-order valence-electron chi connectivity index (χ1n) is 4.91. The predicted molar refractivity (Wildman–Crippen MR) is 51.9 cm³/mol. The topological polar surface area (TPSA) is 55.3 Å². The second-order valence-corrected chi connectivity index (χ2v) is 3.85. The fourth-order valence-corrected chi connectivity index (χ4v) is 1.79. The van der Waals surface area contributed by atoms with Crippen molar-refractivity contribution in [3.63, 3.8) is 0 Å². The number of likely N-dealkylation sites (tertiary alicyclic amines) is 1. The SMILES string of the molecule is CCN1CCCC(N)(CN)CC1. The highest BCUT2D eigenvalue weighted by molar-refractivity contribution is 4.88. The fraction of sp³-hybridized carbons (Fsp3) is 1.00. The van der Waals surface area contributed by atoms with E-state index in [1.807, 2.05) is 0 Å². The maximum Gasteiger partial charge on any atom is 0.0291 e. The summed E-state index contributed by atoms with van der Waals surface area (Å²) in [5, 5.41) is 0. The minimum atomic E-state index is -0.0794. The smallest absolute Gasteiger partial charge is 0.0291 e. The summed E-state index contributed by atoms with van der Waals surface area (Å²) in [6.45, 7) is 6.27. The van der Waals surface area contributed by atoms with Gasteiger partial charge in [-0.05, 0) is 38.9 Å². The first kappa shape index (κ1) is 9.96. The Hall–Kier alpha value is -0.120. The van der Waals surface area contributed by atoms with Crippen molar-refractivity contribution in [3.8, 4) is 0 Å². The van der Waals surface area contributed by atoms with E-state index in [1.165, 1.54) is 13.0 Å². The van der Waals surface area contributed by atoms with Gasteiger partial charge in [-0.15, -0.1) is 0 Å². The molecule has 0 aromatic carbocycles. The third kappa shape index (κ3) is 2.44. The maximum atomic E-state index is 6.12. The summed E-state index contributed by atoms with van der Waals surface area (Å²) >= 11 is 0. The minimum Gasteiger partial charge on any atom is -0.329 e. The maximum absolute atomic E-state index is 6.12. The van der Waals surface area contributed by atoms with Crippen molar-refractivity contribution in [2.45, 2.75) is 31.7 Å². The van der Waals surface area contributed by atoms with Crippen molar-refractivity contribution in [3.05, 3.63) is 0 Å². The van der Waals surface area contributed by atoms with Crippen molar-refractivity contribution < 1.29 is 0 Å². The monoisotopic (exact) mass is 171 g/mol. The van der Waals surface area contributed by atoms with E-state index in [9.17, 15) is 0 Å². The summed E-state index contributed by atoms with van der Waals surface area (Å²) in [6.07, 6.45) is 3.33. The van der Waals surface area contributed by atoms with Crippen LogP contribution in [0.25, 0.3) is 0 Å². The molecule has 0 saturated carbocycles. The molecule has 0 amide bonds. The molecule has 0 aromatic heterocycles. The van der Waals surface area contributed by atoms with Crippen molar-refractivity contribution in [1.82, 2.24) is 4.90 Å². The molecule has 0 aliphatic carbocycles. The summed E-state index contributed by atoms with van der Waals surface area (Å²) in [5.41, 5.74) is 11.7. The molecule has 72 valence electrons. The van der Waals surface area contributed by atoms with E-state index in [0.29, 0.717) is 6.54 Å². The molecule has 1 heterocycles. The Kier molecular flexibility index (Phi) is 3.50. The summed E-state index contributed by atoms with van der Waals surface area (Å²) < 4.78 is 0. The zero-order valence-electron chi connectivity index (χ0n) is 8.05. The Labute approximate surface area is 75.1 Å². The van der Waals surface area contributed by atoms with Crippen LogP contribution in [0.15, 0.2) is 0 Å². The number of hydrogen-bond acceptors (Lipinski definition) is 3. The second-order valence-electron chi connectivity index (χ2n) is 3.85. The fourth-order valence-electron chi connectivity index (χ4n) is 1.79. The summed E-state index contributed by atoms with van der Waals surface area (Å²) in [5.74, 6) is 0. The van der Waals surface area contributed by atoms with Crippen LogP contribution in [-0.4, -0.2) is 36.6 Å². The number of nitrogens with zero attached hydrogens (tertiary/aromatic N) is 1. The zero-order valence-corrected chi connectivity index (χ0v) is 8.05. The van der Waals surface area contributed by atoms with Crippen molar-refractivity contribution in [2.75, 3.05) is 26.2 Å². The second kappa shape index (κ2) is 4.21. The van der Waals surface area contributed by atoms with E-state index >= 15 is 0 Å². The van der Waals surface area contributed by atoms with Crippen LogP contribution in [0.1, 0.15) is 26.2 Å². The Morgan fingerprint density at radius 3 is 2.67 bits per heavy atom. The molecule has 1 fully saturated rings. The molecule has 3 heteroatoms. The van der Waals surface area contributed by atoms with Gasteiger partial charge in [0, 0.05) is 12.1 Å². The number of rotatable bonds is 2. The van der Waals surface area contributed by atoms with Gasteiger partial charge in [-0.25, -0.2) is 0 Å². The van der Waals surface area contributed by atoms with Crippen LogP contribution >= 0.6 is 0 Å². The van der Waals surface area contributed by atoms with Gasteiger partial charge in [0.2, 0.25) is 0 Å². The van der Waals surface area contributed by atoms with Gasteiger partial charge in [0.1, 0.15) is 0 Å². The lowest BCUT2D eigenvalue weighted by molar-refractivity contribution is 0.290. The highest BCUT2D eigenvalue weighted by Crippen LogP contribution is 2.18. The molecule has 3 nitrogen and oxygen atoms in total. The van der Waals surface area contributed by atoms with E-state index in [2.05, 4.69) is 11.8 Å². The molecule has 0 radical (unpaired) electrons. The molecular formula is C9H21N3. The van der Waals surface area contributed by atoms with Gasteiger partial charge in [-0.3, -0.25) is 0 Å². The summed E-state index contributed by atoms with van der Waals surface area (Å²) in [7, 11) is 0. The third-order valence-corrected chi connectivity index (χ3v) is 2.93. The highest BCUT2D eigenvalue weighted by Gasteiger charge is 2.26. The lowest BCUT2D eigenvalue weighted by atomic mass is 9.92. The lowest BCUT2D eigenvalue weighted by Crippen LogP contribution is -2.47. The molecule has 1 unspecified atom stereocenters. The Balaban J connectivity index is 2.44. The zero-order chi connectivity index (χ0) is 9.03. The van der Waals surface area contributed by atoms with Crippen molar-refractivity contribution in [1.29, 1.82) is 0 Å². The molecule has 1 aliphatic rings. The minimum absolute atomic E-state index is 0.0794. The van der Waals surface area contributed by atoms with Crippen LogP contribution in [0.3, 0.4) is 0 Å². The normalized spacial score (nSPS) is 33.2. The lowest BCUT2D eigenvalue weighted by Gasteiger charge is -2.26. The van der Waals surface area contributed by atoms with E-state index in [-0.39, 0.29) is 5.54 Å². The third-order valence-electron chi connectivity index (χ3n) is 2.93. The molecule has 0 bridgehead atoms. The molecule has 1 saturated heterocycles. The molecule has 0 aromatic rings. The first-order chi connectivity index (χ1) is 5.70. The highest BCUT2D eigenvalue weighted by atomic mass is 15.1. The van der Waals surface area contributed by atoms with Gasteiger partial charge in [0.05, 0.1) is 0 Å². The van der Waals surface area contributed by atoms with E-state index in [0.717, 1.165) is 25.9 Å². The van der Waals surface area contributed by atoms with Crippen LogP contribution in [0, 0.1) is 0 Å². The molecule has 1 atom stereocenters. The van der Waals surface area contributed by atoms with Crippen LogP contribution in [-0.2, 0) is 0 Å². The van der Waals surface area contributed by atoms with Crippen LogP contribution in [0.4, 0.5) is 0 Å².